The molecule has 0 fully saturated rings. The number of hydrogen-bond acceptors (Lipinski definition) is 5. The number of furan rings is 1. The van der Waals surface area contributed by atoms with Gasteiger partial charge in [-0.3, -0.25) is 10.1 Å². The van der Waals surface area contributed by atoms with Crippen LogP contribution < -0.4 is 10.1 Å². The van der Waals surface area contributed by atoms with Crippen molar-refractivity contribution in [2.45, 2.75) is 6.42 Å². The fourth-order valence-corrected chi connectivity index (χ4v) is 2.80. The summed E-state index contributed by atoms with van der Waals surface area (Å²) >= 11 is 1.45. The number of anilines is 1. The Bertz CT molecular complexity index is 748. The molecule has 2 heterocycles. The quantitative estimate of drug-likeness (QED) is 0.781. The molecule has 112 valence electrons. The van der Waals surface area contributed by atoms with E-state index in [-0.39, 0.29) is 11.7 Å². The van der Waals surface area contributed by atoms with E-state index in [0.717, 1.165) is 22.6 Å². The summed E-state index contributed by atoms with van der Waals surface area (Å²) in [4.78, 5) is 17.1. The van der Waals surface area contributed by atoms with Crippen LogP contribution in [-0.4, -0.2) is 18.0 Å². The van der Waals surface area contributed by atoms with Crippen molar-refractivity contribution in [3.63, 3.8) is 0 Å². The lowest BCUT2D eigenvalue weighted by Crippen LogP contribution is -2.10. The van der Waals surface area contributed by atoms with Gasteiger partial charge in [0.05, 0.1) is 13.4 Å². The van der Waals surface area contributed by atoms with Gasteiger partial charge in [-0.1, -0.05) is 12.1 Å². The highest BCUT2D eigenvalue weighted by Crippen LogP contribution is 2.22. The van der Waals surface area contributed by atoms with E-state index in [0.29, 0.717) is 5.13 Å². The number of thiazole rings is 1. The highest BCUT2D eigenvalue weighted by Gasteiger charge is 2.11. The summed E-state index contributed by atoms with van der Waals surface area (Å²) in [7, 11) is 1.65. The zero-order valence-corrected chi connectivity index (χ0v) is 12.7. The van der Waals surface area contributed by atoms with Crippen LogP contribution in [0, 0.1) is 0 Å². The van der Waals surface area contributed by atoms with Gasteiger partial charge in [0.25, 0.3) is 5.91 Å². The van der Waals surface area contributed by atoms with Gasteiger partial charge in [-0.25, -0.2) is 4.98 Å². The van der Waals surface area contributed by atoms with Crippen molar-refractivity contribution in [3.8, 4) is 5.75 Å². The average Bonchev–Trinajstić information content (AvgIpc) is 3.20. The molecule has 0 aliphatic carbocycles. The van der Waals surface area contributed by atoms with Gasteiger partial charge in [0.15, 0.2) is 10.9 Å². The van der Waals surface area contributed by atoms with Crippen LogP contribution in [0.25, 0.3) is 0 Å². The lowest BCUT2D eigenvalue weighted by atomic mass is 10.1. The molecular weight excluding hydrogens is 300 g/mol. The maximum Gasteiger partial charge on any atom is 0.293 e. The number of rotatable bonds is 5. The van der Waals surface area contributed by atoms with E-state index in [1.165, 1.54) is 17.6 Å². The Labute approximate surface area is 131 Å². The van der Waals surface area contributed by atoms with Crippen LogP contribution >= 0.6 is 11.3 Å². The lowest BCUT2D eigenvalue weighted by Gasteiger charge is -2.01. The molecule has 5 nitrogen and oxygen atoms in total. The summed E-state index contributed by atoms with van der Waals surface area (Å²) in [6.07, 6.45) is 4.00. The van der Waals surface area contributed by atoms with Crippen LogP contribution in [0.2, 0.25) is 0 Å². The van der Waals surface area contributed by atoms with E-state index >= 15 is 0 Å². The summed E-state index contributed by atoms with van der Waals surface area (Å²) in [5.74, 6) is 0.807. The molecule has 22 heavy (non-hydrogen) atoms. The fraction of sp³-hybridized carbons (Fsp3) is 0.125. The predicted molar refractivity (Wildman–Crippen MR) is 84.6 cm³/mol. The molecule has 2 aromatic heterocycles. The molecule has 3 aromatic rings. The highest BCUT2D eigenvalue weighted by molar-refractivity contribution is 7.15. The summed E-state index contributed by atoms with van der Waals surface area (Å²) in [6, 6.07) is 11.2. The Morgan fingerprint density at radius 2 is 2.14 bits per heavy atom. The minimum Gasteiger partial charge on any atom is -0.497 e. The molecule has 0 aliphatic rings. The second-order valence-electron chi connectivity index (χ2n) is 4.59. The van der Waals surface area contributed by atoms with E-state index in [4.69, 9.17) is 9.15 Å². The molecule has 0 saturated carbocycles. The van der Waals surface area contributed by atoms with E-state index < -0.39 is 0 Å². The first-order chi connectivity index (χ1) is 10.7. The maximum atomic E-state index is 11.9. The van der Waals surface area contributed by atoms with Gasteiger partial charge >= 0.3 is 0 Å². The Kier molecular flexibility index (Phi) is 4.20. The molecule has 0 saturated heterocycles. The largest absolute Gasteiger partial charge is 0.497 e. The van der Waals surface area contributed by atoms with E-state index in [2.05, 4.69) is 10.3 Å². The van der Waals surface area contributed by atoms with Gasteiger partial charge in [-0.05, 0) is 29.8 Å². The summed E-state index contributed by atoms with van der Waals surface area (Å²) in [5, 5.41) is 3.28. The molecule has 0 radical (unpaired) electrons. The number of amides is 1. The first kappa shape index (κ1) is 14.3. The molecule has 0 spiro atoms. The normalized spacial score (nSPS) is 10.4. The molecule has 0 aliphatic heterocycles. The third kappa shape index (κ3) is 3.35. The second-order valence-corrected chi connectivity index (χ2v) is 5.70. The lowest BCUT2D eigenvalue weighted by molar-refractivity contribution is 0.0996. The zero-order valence-electron chi connectivity index (χ0n) is 11.9. The SMILES string of the molecule is COc1ccc(Cc2cnc(NC(=O)c3ccco3)s2)cc1. The fourth-order valence-electron chi connectivity index (χ4n) is 1.96. The van der Waals surface area contributed by atoms with Crippen molar-refractivity contribution in [1.29, 1.82) is 0 Å². The van der Waals surface area contributed by atoms with Gasteiger partial charge in [0.1, 0.15) is 5.75 Å². The number of carbonyl (C=O) groups is 1. The van der Waals surface area contributed by atoms with Crippen LogP contribution in [0.15, 0.2) is 53.3 Å². The number of ether oxygens (including phenoxy) is 1. The number of benzene rings is 1. The second kappa shape index (κ2) is 6.44. The summed E-state index contributed by atoms with van der Waals surface area (Å²) in [6.45, 7) is 0. The number of nitrogens with one attached hydrogen (secondary N) is 1. The predicted octanol–water partition coefficient (Wildman–Crippen LogP) is 3.59. The minimum absolute atomic E-state index is 0.270. The molecule has 0 atom stereocenters. The Hall–Kier alpha value is -2.60. The Morgan fingerprint density at radius 1 is 1.32 bits per heavy atom. The first-order valence-corrected chi connectivity index (χ1v) is 7.49. The molecular formula is C16H14N2O3S. The van der Waals surface area contributed by atoms with Crippen LogP contribution in [0.4, 0.5) is 5.13 Å². The van der Waals surface area contributed by atoms with Gasteiger partial charge in [-0.2, -0.15) is 0 Å². The van der Waals surface area contributed by atoms with E-state index in [1.54, 1.807) is 25.4 Å². The molecule has 0 bridgehead atoms. The molecule has 1 aromatic carbocycles. The highest BCUT2D eigenvalue weighted by atomic mass is 32.1. The van der Waals surface area contributed by atoms with Crippen molar-refractivity contribution in [2.24, 2.45) is 0 Å². The van der Waals surface area contributed by atoms with Crippen LogP contribution in [-0.2, 0) is 6.42 Å². The van der Waals surface area contributed by atoms with Crippen molar-refractivity contribution >= 4 is 22.4 Å². The third-order valence-corrected chi connectivity index (χ3v) is 3.97. The number of nitrogens with zero attached hydrogens (tertiary/aromatic N) is 1. The van der Waals surface area contributed by atoms with Gasteiger partial charge in [-0.15, -0.1) is 11.3 Å². The topological polar surface area (TPSA) is 64.4 Å². The number of methoxy groups -OCH3 is 1. The van der Waals surface area contributed by atoms with Gasteiger partial charge in [0.2, 0.25) is 0 Å². The number of aromatic nitrogens is 1. The molecule has 6 heteroatoms. The monoisotopic (exact) mass is 314 g/mol. The standard InChI is InChI=1S/C16H14N2O3S/c1-20-12-6-4-11(5-7-12)9-13-10-17-16(22-13)18-15(19)14-3-2-8-21-14/h2-8,10H,9H2,1H3,(H,17,18,19). The zero-order chi connectivity index (χ0) is 15.4. The van der Waals surface area contributed by atoms with Crippen LogP contribution in [0.3, 0.4) is 0 Å². The average molecular weight is 314 g/mol. The van der Waals surface area contributed by atoms with Crippen LogP contribution in [0.5, 0.6) is 5.75 Å². The number of carbonyl (C=O) groups excluding carboxylic acids is 1. The molecule has 0 unspecified atom stereocenters. The van der Waals surface area contributed by atoms with Crippen molar-refractivity contribution in [1.82, 2.24) is 4.98 Å². The summed E-state index contributed by atoms with van der Waals surface area (Å²) in [5.41, 5.74) is 1.16. The van der Waals surface area contributed by atoms with Crippen molar-refractivity contribution in [2.75, 3.05) is 12.4 Å². The first-order valence-electron chi connectivity index (χ1n) is 6.67. The van der Waals surface area contributed by atoms with Crippen LogP contribution in [0.1, 0.15) is 21.0 Å². The number of hydrogen-bond donors (Lipinski definition) is 1. The Balaban J connectivity index is 1.64. The molecule has 1 N–H and O–H groups in total. The van der Waals surface area contributed by atoms with Crippen molar-refractivity contribution < 1.29 is 13.9 Å². The Morgan fingerprint density at radius 3 is 2.82 bits per heavy atom. The van der Waals surface area contributed by atoms with E-state index in [9.17, 15) is 4.79 Å². The van der Waals surface area contributed by atoms with E-state index in [1.807, 2.05) is 24.3 Å². The van der Waals surface area contributed by atoms with Gasteiger partial charge in [0, 0.05) is 17.5 Å². The maximum absolute atomic E-state index is 11.9. The minimum atomic E-state index is -0.296. The summed E-state index contributed by atoms with van der Waals surface area (Å²) < 4.78 is 10.2. The third-order valence-electron chi connectivity index (χ3n) is 3.06. The molecule has 3 rings (SSSR count). The smallest absolute Gasteiger partial charge is 0.293 e. The molecule has 1 amide bonds. The van der Waals surface area contributed by atoms with Gasteiger partial charge < -0.3 is 9.15 Å². The van der Waals surface area contributed by atoms with Crippen molar-refractivity contribution in [3.05, 3.63) is 65.1 Å².